The third kappa shape index (κ3) is 3.18. The summed E-state index contributed by atoms with van der Waals surface area (Å²) in [5.41, 5.74) is 0. The van der Waals surface area contributed by atoms with E-state index in [2.05, 4.69) is 5.32 Å². The third-order valence-corrected chi connectivity index (χ3v) is 2.74. The molecule has 2 N–H and O–H groups in total. The van der Waals surface area contributed by atoms with E-state index >= 15 is 0 Å². The van der Waals surface area contributed by atoms with Gasteiger partial charge in [-0.2, -0.15) is 0 Å². The number of carbonyl (C=O) groups is 1. The van der Waals surface area contributed by atoms with Gasteiger partial charge in [-0.1, -0.05) is 0 Å². The summed E-state index contributed by atoms with van der Waals surface area (Å²) in [5, 5.41) is 11.2. The average Bonchev–Trinajstić information content (AvgIpc) is 1.88. The maximum Gasteiger partial charge on any atom is 0.321 e. The van der Waals surface area contributed by atoms with Gasteiger partial charge in [0.2, 0.25) is 0 Å². The Balaban J connectivity index is 0.000001000. The summed E-state index contributed by atoms with van der Waals surface area (Å²) in [6.07, 6.45) is 0. The van der Waals surface area contributed by atoms with Gasteiger partial charge in [0.15, 0.2) is 0 Å². The molecule has 6 heteroatoms. The number of rotatable bonds is 1. The van der Waals surface area contributed by atoms with Gasteiger partial charge in [-0.3, -0.25) is 9.00 Å². The van der Waals surface area contributed by atoms with Gasteiger partial charge in [0.1, 0.15) is 6.04 Å². The molecule has 0 aromatic rings. The van der Waals surface area contributed by atoms with Gasteiger partial charge < -0.3 is 10.4 Å². The zero-order chi connectivity index (χ0) is 7.56. The van der Waals surface area contributed by atoms with E-state index in [1.54, 1.807) is 0 Å². The Kier molecular flexibility index (Phi) is 4.63. The zero-order valence-corrected chi connectivity index (χ0v) is 7.41. The van der Waals surface area contributed by atoms with Crippen LogP contribution in [0, 0.1) is 0 Å². The van der Waals surface area contributed by atoms with Crippen LogP contribution in [0.5, 0.6) is 0 Å². The van der Waals surface area contributed by atoms with E-state index in [0.29, 0.717) is 12.3 Å². The molecule has 4 nitrogen and oxygen atoms in total. The average molecular weight is 200 g/mol. The summed E-state index contributed by atoms with van der Waals surface area (Å²) in [6, 6.07) is -0.602. The van der Waals surface area contributed by atoms with Crippen LogP contribution in [0.1, 0.15) is 0 Å². The number of nitrogens with one attached hydrogen (secondary N) is 1. The van der Waals surface area contributed by atoms with Crippen LogP contribution in [-0.2, 0) is 15.6 Å². The largest absolute Gasteiger partial charge is 0.480 e. The molecular formula is C5H10ClNO3S. The topological polar surface area (TPSA) is 66.4 Å². The van der Waals surface area contributed by atoms with Gasteiger partial charge in [0.05, 0.1) is 0 Å². The highest BCUT2D eigenvalue weighted by Gasteiger charge is 2.23. The Labute approximate surface area is 73.2 Å². The van der Waals surface area contributed by atoms with E-state index in [-0.39, 0.29) is 18.2 Å². The molecule has 0 spiro atoms. The maximum atomic E-state index is 10.8. The van der Waals surface area contributed by atoms with Crippen molar-refractivity contribution in [3.8, 4) is 0 Å². The fourth-order valence-electron chi connectivity index (χ4n) is 0.834. The van der Waals surface area contributed by atoms with E-state index < -0.39 is 22.8 Å². The number of hydrogen-bond acceptors (Lipinski definition) is 3. The molecule has 1 saturated heterocycles. The van der Waals surface area contributed by atoms with Crippen molar-refractivity contribution in [3.63, 3.8) is 0 Å². The minimum atomic E-state index is -0.934. The normalized spacial score (nSPS) is 30.5. The molecule has 0 aliphatic carbocycles. The van der Waals surface area contributed by atoms with Crippen molar-refractivity contribution < 1.29 is 14.1 Å². The lowest BCUT2D eigenvalue weighted by atomic mass is 10.3. The number of carboxylic acid groups (broad SMARTS) is 1. The first-order valence-electron chi connectivity index (χ1n) is 3.01. The molecule has 0 amide bonds. The van der Waals surface area contributed by atoms with Crippen LogP contribution in [0.2, 0.25) is 0 Å². The molecule has 1 fully saturated rings. The minimum Gasteiger partial charge on any atom is -0.480 e. The summed E-state index contributed by atoms with van der Waals surface area (Å²) in [6.45, 7) is 0.545. The summed E-state index contributed by atoms with van der Waals surface area (Å²) in [7, 11) is -0.934. The first-order chi connectivity index (χ1) is 4.70. The van der Waals surface area contributed by atoms with Crippen LogP contribution < -0.4 is 5.32 Å². The number of halogens is 1. The van der Waals surface area contributed by atoms with E-state index in [1.807, 2.05) is 0 Å². The zero-order valence-electron chi connectivity index (χ0n) is 5.78. The first-order valence-corrected chi connectivity index (χ1v) is 4.50. The van der Waals surface area contributed by atoms with Gasteiger partial charge in [-0.15, -0.1) is 12.4 Å². The lowest BCUT2D eigenvalue weighted by molar-refractivity contribution is -0.138. The van der Waals surface area contributed by atoms with Crippen molar-refractivity contribution in [1.29, 1.82) is 0 Å². The maximum absolute atomic E-state index is 10.8. The Morgan fingerprint density at radius 2 is 2.27 bits per heavy atom. The second-order valence-corrected chi connectivity index (χ2v) is 3.78. The lowest BCUT2D eigenvalue weighted by Gasteiger charge is -2.18. The van der Waals surface area contributed by atoms with E-state index in [9.17, 15) is 9.00 Å². The highest BCUT2D eigenvalue weighted by molar-refractivity contribution is 7.85. The van der Waals surface area contributed by atoms with E-state index in [4.69, 9.17) is 5.11 Å². The van der Waals surface area contributed by atoms with Gasteiger partial charge >= 0.3 is 5.97 Å². The Bertz CT molecular complexity index is 173. The quantitative estimate of drug-likeness (QED) is 0.581. The van der Waals surface area contributed by atoms with Gasteiger partial charge in [-0.05, 0) is 0 Å². The SMILES string of the molecule is Cl.O=C(O)C1CS(=O)CCN1. The van der Waals surface area contributed by atoms with E-state index in [1.165, 1.54) is 0 Å². The van der Waals surface area contributed by atoms with Crippen LogP contribution in [0.15, 0.2) is 0 Å². The van der Waals surface area contributed by atoms with Crippen molar-refractivity contribution in [1.82, 2.24) is 5.32 Å². The van der Waals surface area contributed by atoms with Crippen LogP contribution in [0.4, 0.5) is 0 Å². The second-order valence-electron chi connectivity index (χ2n) is 2.16. The monoisotopic (exact) mass is 199 g/mol. The van der Waals surface area contributed by atoms with Crippen molar-refractivity contribution in [2.75, 3.05) is 18.1 Å². The standard InChI is InChI=1S/C5H9NO3S.ClH/c7-5(8)4-3-10(9)2-1-6-4;/h4,6H,1-3H2,(H,7,8);1H. The van der Waals surface area contributed by atoms with Crippen LogP contribution >= 0.6 is 12.4 Å². The summed E-state index contributed by atoms with van der Waals surface area (Å²) >= 11 is 0. The van der Waals surface area contributed by atoms with Gasteiger partial charge in [-0.25, -0.2) is 0 Å². The summed E-state index contributed by atoms with van der Waals surface area (Å²) in [5.74, 6) is -0.0906. The van der Waals surface area contributed by atoms with Crippen LogP contribution in [-0.4, -0.2) is 39.4 Å². The second kappa shape index (κ2) is 4.69. The summed E-state index contributed by atoms with van der Waals surface area (Å²) in [4.78, 5) is 10.3. The number of hydrogen-bond donors (Lipinski definition) is 2. The molecule has 0 radical (unpaired) electrons. The van der Waals surface area contributed by atoms with Crippen LogP contribution in [0.25, 0.3) is 0 Å². The van der Waals surface area contributed by atoms with Gasteiger partial charge in [0.25, 0.3) is 0 Å². The van der Waals surface area contributed by atoms with Crippen LogP contribution in [0.3, 0.4) is 0 Å². The highest BCUT2D eigenvalue weighted by Crippen LogP contribution is 1.95. The fraction of sp³-hybridized carbons (Fsp3) is 0.800. The predicted octanol–water partition coefficient (Wildman–Crippen LogP) is -0.787. The van der Waals surface area contributed by atoms with Crippen molar-refractivity contribution in [2.24, 2.45) is 0 Å². The Hall–Kier alpha value is -0.130. The molecule has 1 rings (SSSR count). The predicted molar refractivity (Wildman–Crippen MR) is 44.6 cm³/mol. The van der Waals surface area contributed by atoms with Crippen molar-refractivity contribution in [3.05, 3.63) is 0 Å². The third-order valence-electron chi connectivity index (χ3n) is 1.37. The minimum absolute atomic E-state index is 0. The summed E-state index contributed by atoms with van der Waals surface area (Å²) < 4.78 is 10.8. The Morgan fingerprint density at radius 3 is 2.64 bits per heavy atom. The first kappa shape index (κ1) is 10.9. The number of aliphatic carboxylic acids is 1. The molecule has 11 heavy (non-hydrogen) atoms. The molecule has 2 unspecified atom stereocenters. The molecule has 1 heterocycles. The molecule has 1 aliphatic rings. The molecule has 0 saturated carbocycles. The van der Waals surface area contributed by atoms with E-state index in [0.717, 1.165) is 0 Å². The highest BCUT2D eigenvalue weighted by atomic mass is 35.5. The number of carboxylic acids is 1. The fourth-order valence-corrected chi connectivity index (χ4v) is 1.98. The molecular weight excluding hydrogens is 190 g/mol. The van der Waals surface area contributed by atoms with Crippen molar-refractivity contribution >= 4 is 29.2 Å². The smallest absolute Gasteiger partial charge is 0.321 e. The Morgan fingerprint density at radius 1 is 1.64 bits per heavy atom. The molecule has 0 bridgehead atoms. The molecule has 0 aromatic heterocycles. The van der Waals surface area contributed by atoms with Crippen molar-refractivity contribution in [2.45, 2.75) is 6.04 Å². The molecule has 1 aliphatic heterocycles. The van der Waals surface area contributed by atoms with Gasteiger partial charge in [0, 0.05) is 28.9 Å². The molecule has 66 valence electrons. The molecule has 0 aromatic carbocycles. The lowest BCUT2D eigenvalue weighted by Crippen LogP contribution is -2.47. The molecule has 2 atom stereocenters.